The van der Waals surface area contributed by atoms with Gasteiger partial charge in [-0.25, -0.2) is 5.84 Å². The van der Waals surface area contributed by atoms with Crippen LogP contribution >= 0.6 is 0 Å². The average Bonchev–Trinajstić information content (AvgIpc) is 2.92. The van der Waals surface area contributed by atoms with E-state index in [1.54, 1.807) is 10.9 Å². The quantitative estimate of drug-likeness (QED) is 0.467. The maximum Gasteiger partial charge on any atom is 0.323 e. The molecule has 2 heterocycles. The van der Waals surface area contributed by atoms with Crippen LogP contribution in [-0.4, -0.2) is 37.9 Å². The Balaban J connectivity index is 1.96. The van der Waals surface area contributed by atoms with Crippen LogP contribution in [0.2, 0.25) is 0 Å². The van der Waals surface area contributed by atoms with E-state index in [4.69, 9.17) is 10.6 Å². The summed E-state index contributed by atoms with van der Waals surface area (Å²) in [5, 5.41) is 7.15. The molecule has 2 aromatic rings. The van der Waals surface area contributed by atoms with E-state index in [9.17, 15) is 0 Å². The van der Waals surface area contributed by atoms with E-state index >= 15 is 0 Å². The Bertz CT molecular complexity index is 500. The summed E-state index contributed by atoms with van der Waals surface area (Å²) in [6, 6.07) is 2.10. The number of hydrogen-bond donors (Lipinski definition) is 3. The Hall–Kier alpha value is -2.42. The van der Waals surface area contributed by atoms with E-state index in [-0.39, 0.29) is 12.0 Å². The van der Waals surface area contributed by atoms with Crippen LogP contribution in [0.1, 0.15) is 6.92 Å². The first kappa shape index (κ1) is 13.0. The molecule has 0 saturated heterocycles. The van der Waals surface area contributed by atoms with E-state index in [0.717, 1.165) is 0 Å². The van der Waals surface area contributed by atoms with E-state index in [1.807, 2.05) is 19.2 Å². The molecule has 0 aliphatic heterocycles. The van der Waals surface area contributed by atoms with Gasteiger partial charge in [-0.05, 0) is 13.0 Å². The van der Waals surface area contributed by atoms with Crippen molar-refractivity contribution >= 4 is 11.9 Å². The highest BCUT2D eigenvalue weighted by Crippen LogP contribution is 2.09. The summed E-state index contributed by atoms with van der Waals surface area (Å²) >= 11 is 0. The summed E-state index contributed by atoms with van der Waals surface area (Å²) in [7, 11) is 0. The third-order valence-electron chi connectivity index (χ3n) is 2.20. The van der Waals surface area contributed by atoms with Gasteiger partial charge in [-0.15, -0.1) is 0 Å². The van der Waals surface area contributed by atoms with Crippen molar-refractivity contribution in [3.8, 4) is 6.01 Å². The van der Waals surface area contributed by atoms with Gasteiger partial charge in [-0.3, -0.25) is 10.1 Å². The second kappa shape index (κ2) is 6.50. The SMILES string of the molecule is CCOc1nc(NN)nc(NCCn2cccn2)n1. The van der Waals surface area contributed by atoms with Crippen LogP contribution in [0.25, 0.3) is 0 Å². The van der Waals surface area contributed by atoms with E-state index < -0.39 is 0 Å². The summed E-state index contributed by atoms with van der Waals surface area (Å²) in [5.74, 6) is 5.94. The first-order chi connectivity index (χ1) is 9.31. The van der Waals surface area contributed by atoms with Crippen molar-refractivity contribution in [1.29, 1.82) is 0 Å². The standard InChI is InChI=1S/C10H16N8O/c1-2-19-10-15-8(14-9(16-10)17-11)12-5-7-18-6-3-4-13-18/h3-4,6H,2,5,7,11H2,1H3,(H2,12,14,15,16,17). The monoisotopic (exact) mass is 264 g/mol. The highest BCUT2D eigenvalue weighted by molar-refractivity contribution is 5.34. The number of ether oxygens (including phenoxy) is 1. The van der Waals surface area contributed by atoms with E-state index in [1.165, 1.54) is 0 Å². The molecule has 102 valence electrons. The molecule has 2 rings (SSSR count). The van der Waals surface area contributed by atoms with Crippen molar-refractivity contribution in [3.05, 3.63) is 18.5 Å². The summed E-state index contributed by atoms with van der Waals surface area (Å²) in [4.78, 5) is 12.1. The minimum absolute atomic E-state index is 0.229. The lowest BCUT2D eigenvalue weighted by Crippen LogP contribution is -2.16. The van der Waals surface area contributed by atoms with Crippen molar-refractivity contribution in [2.24, 2.45) is 5.84 Å². The van der Waals surface area contributed by atoms with Gasteiger partial charge >= 0.3 is 6.01 Å². The fourth-order valence-electron chi connectivity index (χ4n) is 1.41. The molecule has 0 bridgehead atoms. The van der Waals surface area contributed by atoms with Crippen LogP contribution in [0, 0.1) is 0 Å². The molecule has 4 N–H and O–H groups in total. The Labute approximate surface area is 110 Å². The van der Waals surface area contributed by atoms with Gasteiger partial charge in [0.15, 0.2) is 0 Å². The molecule has 0 unspecified atom stereocenters. The van der Waals surface area contributed by atoms with Gasteiger partial charge in [0.2, 0.25) is 11.9 Å². The molecule has 0 aliphatic carbocycles. The van der Waals surface area contributed by atoms with Crippen molar-refractivity contribution in [1.82, 2.24) is 24.7 Å². The predicted molar refractivity (Wildman–Crippen MR) is 69.5 cm³/mol. The predicted octanol–water partition coefficient (Wildman–Crippen LogP) is -0.136. The summed E-state index contributed by atoms with van der Waals surface area (Å²) in [6.07, 6.45) is 3.61. The number of anilines is 2. The Morgan fingerprint density at radius 2 is 2.16 bits per heavy atom. The lowest BCUT2D eigenvalue weighted by atomic mass is 10.6. The molecule has 0 saturated carbocycles. The zero-order valence-corrected chi connectivity index (χ0v) is 10.6. The number of hydrazine groups is 1. The molecule has 0 aromatic carbocycles. The topological polar surface area (TPSA) is 116 Å². The van der Waals surface area contributed by atoms with Crippen LogP contribution in [0.4, 0.5) is 11.9 Å². The number of rotatable bonds is 7. The van der Waals surface area contributed by atoms with E-state index in [0.29, 0.717) is 25.6 Å². The molecule has 19 heavy (non-hydrogen) atoms. The Morgan fingerprint density at radius 1 is 1.32 bits per heavy atom. The van der Waals surface area contributed by atoms with Crippen LogP contribution in [0.15, 0.2) is 18.5 Å². The minimum atomic E-state index is 0.229. The maximum atomic E-state index is 5.29. The van der Waals surface area contributed by atoms with Gasteiger partial charge in [-0.1, -0.05) is 0 Å². The zero-order valence-electron chi connectivity index (χ0n) is 10.6. The third-order valence-corrected chi connectivity index (χ3v) is 2.20. The number of nitrogens with two attached hydrogens (primary N) is 1. The van der Waals surface area contributed by atoms with Crippen molar-refractivity contribution in [2.75, 3.05) is 23.9 Å². The lowest BCUT2D eigenvalue weighted by molar-refractivity contribution is 0.312. The van der Waals surface area contributed by atoms with E-state index in [2.05, 4.69) is 30.8 Å². The molecule has 2 aromatic heterocycles. The number of nitrogen functional groups attached to an aromatic ring is 1. The molecule has 0 spiro atoms. The summed E-state index contributed by atoms with van der Waals surface area (Å²) < 4.78 is 7.03. The number of aromatic nitrogens is 5. The average molecular weight is 264 g/mol. The molecule has 0 amide bonds. The molecular weight excluding hydrogens is 248 g/mol. The Kier molecular flexibility index (Phi) is 4.45. The number of nitrogens with one attached hydrogen (secondary N) is 2. The molecule has 0 fully saturated rings. The van der Waals surface area contributed by atoms with Gasteiger partial charge < -0.3 is 10.1 Å². The van der Waals surface area contributed by atoms with Crippen molar-refractivity contribution in [3.63, 3.8) is 0 Å². The fourth-order valence-corrected chi connectivity index (χ4v) is 1.41. The van der Waals surface area contributed by atoms with Crippen LogP contribution in [-0.2, 0) is 6.54 Å². The highest BCUT2D eigenvalue weighted by Gasteiger charge is 2.05. The molecule has 9 heteroatoms. The van der Waals surface area contributed by atoms with Crippen LogP contribution in [0.3, 0.4) is 0 Å². The minimum Gasteiger partial charge on any atom is -0.464 e. The molecule has 0 atom stereocenters. The first-order valence-electron chi connectivity index (χ1n) is 5.88. The summed E-state index contributed by atoms with van der Waals surface area (Å²) in [5.41, 5.74) is 2.37. The largest absolute Gasteiger partial charge is 0.464 e. The normalized spacial score (nSPS) is 10.2. The van der Waals surface area contributed by atoms with Gasteiger partial charge in [-0.2, -0.15) is 20.1 Å². The van der Waals surface area contributed by atoms with Crippen LogP contribution < -0.4 is 21.3 Å². The maximum absolute atomic E-state index is 5.29. The number of nitrogens with zero attached hydrogens (tertiary/aromatic N) is 5. The van der Waals surface area contributed by atoms with Gasteiger partial charge in [0.25, 0.3) is 0 Å². The number of hydrogen-bond acceptors (Lipinski definition) is 8. The smallest absolute Gasteiger partial charge is 0.323 e. The summed E-state index contributed by atoms with van der Waals surface area (Å²) in [6.45, 7) is 3.65. The first-order valence-corrected chi connectivity index (χ1v) is 5.88. The lowest BCUT2D eigenvalue weighted by Gasteiger charge is -2.08. The van der Waals surface area contributed by atoms with Gasteiger partial charge in [0, 0.05) is 18.9 Å². The molecule has 0 radical (unpaired) electrons. The van der Waals surface area contributed by atoms with Gasteiger partial charge in [0.1, 0.15) is 0 Å². The molecule has 0 aliphatic rings. The second-order valence-corrected chi connectivity index (χ2v) is 3.54. The van der Waals surface area contributed by atoms with Crippen molar-refractivity contribution < 1.29 is 4.74 Å². The third kappa shape index (κ3) is 3.78. The van der Waals surface area contributed by atoms with Gasteiger partial charge in [0.05, 0.1) is 13.2 Å². The Morgan fingerprint density at radius 3 is 2.84 bits per heavy atom. The zero-order chi connectivity index (χ0) is 13.5. The second-order valence-electron chi connectivity index (χ2n) is 3.54. The van der Waals surface area contributed by atoms with Crippen LogP contribution in [0.5, 0.6) is 6.01 Å². The highest BCUT2D eigenvalue weighted by atomic mass is 16.5. The van der Waals surface area contributed by atoms with Crippen molar-refractivity contribution in [2.45, 2.75) is 13.5 Å². The molecule has 9 nitrogen and oxygen atoms in total. The fraction of sp³-hybridized carbons (Fsp3) is 0.400. The molecular formula is C10H16N8O.